The first kappa shape index (κ1) is 17.7. The molecule has 1 aliphatic heterocycles. The number of aryl methyl sites for hydroxylation is 3. The molecule has 0 saturated carbocycles. The third-order valence-corrected chi connectivity index (χ3v) is 5.55. The van der Waals surface area contributed by atoms with Crippen LogP contribution in [0.1, 0.15) is 41.9 Å². The molecule has 3 aromatic rings. The summed E-state index contributed by atoms with van der Waals surface area (Å²) in [5.74, 6) is 0.230. The quantitative estimate of drug-likeness (QED) is 0.696. The molecular weight excluding hydrogens is 340 g/mol. The number of carbonyl (C=O) groups excluding carboxylic acids is 1. The predicted molar refractivity (Wildman–Crippen MR) is 102 cm³/mol. The van der Waals surface area contributed by atoms with Crippen LogP contribution in [0, 0.1) is 20.8 Å². The number of nitrogens with zero attached hydrogens (tertiary/aromatic N) is 6. The molecule has 27 heavy (non-hydrogen) atoms. The van der Waals surface area contributed by atoms with Gasteiger partial charge < -0.3 is 9.47 Å². The SMILES string of the molecule is Cc1cc2nc(C)c(CCC(=O)N3CCC[C@@H]3Cn3ccnc3)c(C)n2n1. The molecule has 3 aromatic heterocycles. The van der Waals surface area contributed by atoms with E-state index in [1.54, 1.807) is 6.20 Å². The standard InChI is InChI=1S/C20H26N6O/c1-14-11-19-22-15(2)18(16(3)26(19)23-14)6-7-20(27)25-9-4-5-17(25)12-24-10-8-21-13-24/h8,10-11,13,17H,4-7,9,12H2,1-3H3/t17-/m1/s1. The third kappa shape index (κ3) is 3.46. The summed E-state index contributed by atoms with van der Waals surface area (Å²) < 4.78 is 3.95. The van der Waals surface area contributed by atoms with E-state index in [2.05, 4.69) is 31.5 Å². The summed E-state index contributed by atoms with van der Waals surface area (Å²) in [5.41, 5.74) is 5.03. The van der Waals surface area contributed by atoms with Crippen molar-refractivity contribution in [1.82, 2.24) is 29.0 Å². The van der Waals surface area contributed by atoms with Gasteiger partial charge >= 0.3 is 0 Å². The van der Waals surface area contributed by atoms with Crippen molar-refractivity contribution in [3.63, 3.8) is 0 Å². The van der Waals surface area contributed by atoms with Gasteiger partial charge in [0.15, 0.2) is 5.65 Å². The average Bonchev–Trinajstić information content (AvgIpc) is 3.36. The third-order valence-electron chi connectivity index (χ3n) is 5.55. The Morgan fingerprint density at radius 3 is 2.93 bits per heavy atom. The summed E-state index contributed by atoms with van der Waals surface area (Å²) in [7, 11) is 0. The van der Waals surface area contributed by atoms with Crippen LogP contribution in [0.4, 0.5) is 0 Å². The second-order valence-corrected chi connectivity index (χ2v) is 7.46. The van der Waals surface area contributed by atoms with Gasteiger partial charge in [0.25, 0.3) is 0 Å². The number of likely N-dealkylation sites (tertiary alicyclic amines) is 1. The summed E-state index contributed by atoms with van der Waals surface area (Å²) in [6.45, 7) is 7.73. The second-order valence-electron chi connectivity index (χ2n) is 7.46. The molecule has 0 aromatic carbocycles. The molecule has 0 N–H and O–H groups in total. The minimum atomic E-state index is 0.230. The monoisotopic (exact) mass is 366 g/mol. The van der Waals surface area contributed by atoms with Gasteiger partial charge in [-0.2, -0.15) is 5.10 Å². The number of rotatable bonds is 5. The Hall–Kier alpha value is -2.70. The van der Waals surface area contributed by atoms with Crippen LogP contribution in [0.2, 0.25) is 0 Å². The second kappa shape index (κ2) is 7.13. The van der Waals surface area contributed by atoms with E-state index in [0.717, 1.165) is 54.2 Å². The van der Waals surface area contributed by atoms with Crippen molar-refractivity contribution >= 4 is 11.6 Å². The zero-order valence-corrected chi connectivity index (χ0v) is 16.2. The summed E-state index contributed by atoms with van der Waals surface area (Å²) in [6, 6.07) is 2.25. The van der Waals surface area contributed by atoms with E-state index in [1.807, 2.05) is 37.0 Å². The minimum absolute atomic E-state index is 0.230. The molecule has 0 aliphatic carbocycles. The van der Waals surface area contributed by atoms with Crippen molar-refractivity contribution in [2.24, 2.45) is 0 Å². The lowest BCUT2D eigenvalue weighted by atomic mass is 10.1. The fourth-order valence-corrected chi connectivity index (χ4v) is 4.17. The van der Waals surface area contributed by atoms with Gasteiger partial charge in [-0.05, 0) is 45.6 Å². The van der Waals surface area contributed by atoms with Crippen molar-refractivity contribution in [3.8, 4) is 0 Å². The van der Waals surface area contributed by atoms with Crippen molar-refractivity contribution in [3.05, 3.63) is 47.4 Å². The molecule has 7 heteroatoms. The van der Waals surface area contributed by atoms with E-state index < -0.39 is 0 Å². The van der Waals surface area contributed by atoms with Crippen molar-refractivity contribution < 1.29 is 4.79 Å². The number of amides is 1. The summed E-state index contributed by atoms with van der Waals surface area (Å²) in [5, 5.41) is 4.52. The van der Waals surface area contributed by atoms with Gasteiger partial charge in [0.1, 0.15) is 0 Å². The molecule has 142 valence electrons. The average molecular weight is 366 g/mol. The van der Waals surface area contributed by atoms with E-state index >= 15 is 0 Å². The lowest BCUT2D eigenvalue weighted by Gasteiger charge is -2.25. The van der Waals surface area contributed by atoms with Crippen LogP contribution in [0.25, 0.3) is 5.65 Å². The van der Waals surface area contributed by atoms with Crippen LogP contribution in [-0.2, 0) is 17.8 Å². The molecule has 0 spiro atoms. The van der Waals surface area contributed by atoms with E-state index in [4.69, 9.17) is 0 Å². The molecule has 1 fully saturated rings. The number of aromatic nitrogens is 5. The van der Waals surface area contributed by atoms with Gasteiger partial charge in [0.05, 0.1) is 12.0 Å². The van der Waals surface area contributed by atoms with Crippen LogP contribution >= 0.6 is 0 Å². The Balaban J connectivity index is 1.46. The van der Waals surface area contributed by atoms with Gasteiger partial charge in [-0.25, -0.2) is 14.5 Å². The number of hydrogen-bond donors (Lipinski definition) is 0. The zero-order chi connectivity index (χ0) is 19.0. The smallest absolute Gasteiger partial charge is 0.223 e. The molecule has 1 saturated heterocycles. The fourth-order valence-electron chi connectivity index (χ4n) is 4.17. The first-order valence-corrected chi connectivity index (χ1v) is 9.60. The molecular formula is C20H26N6O. The van der Waals surface area contributed by atoms with Gasteiger partial charge in [-0.15, -0.1) is 0 Å². The van der Waals surface area contributed by atoms with E-state index in [-0.39, 0.29) is 11.9 Å². The summed E-state index contributed by atoms with van der Waals surface area (Å²) in [4.78, 5) is 23.7. The van der Waals surface area contributed by atoms with Crippen LogP contribution in [-0.4, -0.2) is 47.5 Å². The van der Waals surface area contributed by atoms with E-state index in [9.17, 15) is 4.79 Å². The highest BCUT2D eigenvalue weighted by Crippen LogP contribution is 2.22. The van der Waals surface area contributed by atoms with Crippen molar-refractivity contribution in [2.45, 2.75) is 59.0 Å². The minimum Gasteiger partial charge on any atom is -0.338 e. The Morgan fingerprint density at radius 2 is 2.15 bits per heavy atom. The van der Waals surface area contributed by atoms with Gasteiger partial charge in [-0.3, -0.25) is 4.79 Å². The summed E-state index contributed by atoms with van der Waals surface area (Å²) in [6.07, 6.45) is 8.90. The van der Waals surface area contributed by atoms with Gasteiger partial charge in [-0.1, -0.05) is 0 Å². The molecule has 4 heterocycles. The first-order chi connectivity index (χ1) is 13.0. The Morgan fingerprint density at radius 1 is 1.30 bits per heavy atom. The Bertz CT molecular complexity index is 959. The van der Waals surface area contributed by atoms with Crippen LogP contribution in [0.5, 0.6) is 0 Å². The molecule has 1 aliphatic rings. The van der Waals surface area contributed by atoms with Crippen LogP contribution in [0.3, 0.4) is 0 Å². The molecule has 1 amide bonds. The molecule has 0 bridgehead atoms. The Labute approximate surface area is 159 Å². The molecule has 0 unspecified atom stereocenters. The van der Waals surface area contributed by atoms with Crippen molar-refractivity contribution in [2.75, 3.05) is 6.54 Å². The molecule has 4 rings (SSSR count). The normalized spacial score (nSPS) is 17.1. The summed E-state index contributed by atoms with van der Waals surface area (Å²) >= 11 is 0. The largest absolute Gasteiger partial charge is 0.338 e. The first-order valence-electron chi connectivity index (χ1n) is 9.60. The molecule has 0 radical (unpaired) electrons. The lowest BCUT2D eigenvalue weighted by Crippen LogP contribution is -2.38. The van der Waals surface area contributed by atoms with E-state index in [0.29, 0.717) is 12.8 Å². The van der Waals surface area contributed by atoms with E-state index in [1.165, 1.54) is 0 Å². The Kier molecular flexibility index (Phi) is 4.68. The van der Waals surface area contributed by atoms with Crippen LogP contribution < -0.4 is 0 Å². The van der Waals surface area contributed by atoms with Crippen LogP contribution in [0.15, 0.2) is 24.8 Å². The maximum absolute atomic E-state index is 12.9. The maximum Gasteiger partial charge on any atom is 0.223 e. The highest BCUT2D eigenvalue weighted by molar-refractivity contribution is 5.77. The fraction of sp³-hybridized carbons (Fsp3) is 0.500. The molecule has 7 nitrogen and oxygen atoms in total. The predicted octanol–water partition coefficient (Wildman–Crippen LogP) is 2.47. The number of fused-ring (bicyclic) bond motifs is 1. The lowest BCUT2D eigenvalue weighted by molar-refractivity contribution is -0.132. The maximum atomic E-state index is 12.9. The number of carbonyl (C=O) groups is 1. The van der Waals surface area contributed by atoms with Gasteiger partial charge in [0, 0.05) is 55.4 Å². The zero-order valence-electron chi connectivity index (χ0n) is 16.2. The number of imidazole rings is 1. The number of hydrogen-bond acceptors (Lipinski definition) is 4. The topological polar surface area (TPSA) is 68.3 Å². The highest BCUT2D eigenvalue weighted by Gasteiger charge is 2.28. The van der Waals surface area contributed by atoms with Crippen molar-refractivity contribution in [1.29, 1.82) is 0 Å². The highest BCUT2D eigenvalue weighted by atomic mass is 16.2. The van der Waals surface area contributed by atoms with Gasteiger partial charge in [0.2, 0.25) is 5.91 Å². The molecule has 1 atom stereocenters.